The van der Waals surface area contributed by atoms with E-state index in [1.54, 1.807) is 15.9 Å². The first kappa shape index (κ1) is 7.06. The molecule has 0 N–H and O–H groups in total. The van der Waals surface area contributed by atoms with Gasteiger partial charge in [0.15, 0.2) is 5.82 Å². The zero-order valence-electron chi connectivity index (χ0n) is 5.91. The lowest BCUT2D eigenvalue weighted by Gasteiger charge is -1.78. The van der Waals surface area contributed by atoms with E-state index in [0.29, 0.717) is 11.7 Å². The monoisotopic (exact) mass is 187 g/mol. The molecule has 0 aliphatic carbocycles. The average Bonchev–Trinajstić information content (AvgIpc) is 2.43. The minimum absolute atomic E-state index is 0.382. The molecule has 3 nitrogen and oxygen atoms in total. The summed E-state index contributed by atoms with van der Waals surface area (Å²) in [5.74, 6) is 1.07. The Hall–Kier alpha value is -0.610. The van der Waals surface area contributed by atoms with Crippen molar-refractivity contribution in [2.45, 2.75) is 12.8 Å². The average molecular weight is 188 g/mol. The lowest BCUT2D eigenvalue weighted by atomic mass is 10.6. The van der Waals surface area contributed by atoms with E-state index < -0.39 is 0 Å². The molecule has 2 rings (SSSR count). The van der Waals surface area contributed by atoms with Crippen LogP contribution in [-0.4, -0.2) is 14.6 Å². The lowest BCUT2D eigenvalue weighted by Crippen LogP contribution is -1.83. The van der Waals surface area contributed by atoms with E-state index in [2.05, 4.69) is 10.1 Å². The molecule has 0 aliphatic rings. The van der Waals surface area contributed by atoms with Crippen LogP contribution in [0.5, 0.6) is 0 Å². The molecule has 0 spiro atoms. The Morgan fingerprint density at radius 2 is 2.55 bits per heavy atom. The van der Waals surface area contributed by atoms with Crippen molar-refractivity contribution >= 4 is 27.9 Å². The van der Waals surface area contributed by atoms with Crippen molar-refractivity contribution in [2.75, 3.05) is 0 Å². The number of fused-ring (bicyclic) bond motifs is 1. The van der Waals surface area contributed by atoms with Gasteiger partial charge in [-0.05, 0) is 6.92 Å². The highest BCUT2D eigenvalue weighted by Gasteiger charge is 2.03. The first-order valence-corrected chi connectivity index (χ1v) is 4.52. The molecular formula is C6H6ClN3S. The minimum atomic E-state index is 0.382. The number of alkyl halides is 1. The van der Waals surface area contributed by atoms with Crippen LogP contribution in [0, 0.1) is 6.92 Å². The number of aryl methyl sites for hydroxylation is 1. The molecule has 0 amide bonds. The molecule has 2 heterocycles. The molecule has 0 unspecified atom stereocenters. The SMILES string of the molecule is Cc1cn2nc(CCl)nc2s1. The van der Waals surface area contributed by atoms with Crippen LogP contribution in [0.4, 0.5) is 0 Å². The Balaban J connectivity index is 2.64. The fraction of sp³-hybridized carbons (Fsp3) is 0.333. The predicted octanol–water partition coefficient (Wildman–Crippen LogP) is 1.84. The second kappa shape index (κ2) is 2.46. The third-order valence-corrected chi connectivity index (χ3v) is 2.45. The lowest BCUT2D eigenvalue weighted by molar-refractivity contribution is 0.928. The van der Waals surface area contributed by atoms with Gasteiger partial charge in [-0.25, -0.2) is 9.50 Å². The number of rotatable bonds is 1. The molecule has 2 aromatic heterocycles. The predicted molar refractivity (Wildman–Crippen MR) is 45.2 cm³/mol. The minimum Gasteiger partial charge on any atom is -0.211 e. The van der Waals surface area contributed by atoms with E-state index in [9.17, 15) is 0 Å². The molecule has 0 fully saturated rings. The molecule has 0 aromatic carbocycles. The molecule has 0 saturated heterocycles. The molecule has 0 bridgehead atoms. The Labute approximate surface area is 72.6 Å². The maximum absolute atomic E-state index is 5.56. The van der Waals surface area contributed by atoms with Gasteiger partial charge in [0.25, 0.3) is 0 Å². The Morgan fingerprint density at radius 1 is 1.73 bits per heavy atom. The molecule has 0 radical (unpaired) electrons. The fourth-order valence-electron chi connectivity index (χ4n) is 0.904. The molecule has 58 valence electrons. The van der Waals surface area contributed by atoms with Gasteiger partial charge in [0.1, 0.15) is 0 Å². The van der Waals surface area contributed by atoms with Crippen LogP contribution in [0.3, 0.4) is 0 Å². The number of aromatic nitrogens is 3. The van der Waals surface area contributed by atoms with Crippen molar-refractivity contribution in [3.8, 4) is 0 Å². The van der Waals surface area contributed by atoms with Crippen LogP contribution in [-0.2, 0) is 5.88 Å². The molecule has 0 atom stereocenters. The smallest absolute Gasteiger partial charge is 0.211 e. The largest absolute Gasteiger partial charge is 0.212 e. The Bertz CT molecular complexity index is 346. The summed E-state index contributed by atoms with van der Waals surface area (Å²) in [6.07, 6.45) is 1.95. The van der Waals surface area contributed by atoms with E-state index in [0.717, 1.165) is 4.96 Å². The van der Waals surface area contributed by atoms with Crippen LogP contribution >= 0.6 is 22.9 Å². The van der Waals surface area contributed by atoms with Crippen molar-refractivity contribution in [3.63, 3.8) is 0 Å². The summed E-state index contributed by atoms with van der Waals surface area (Å²) in [7, 11) is 0. The third kappa shape index (κ3) is 1.12. The Kier molecular flexibility index (Phi) is 1.58. The number of thiazole rings is 1. The highest BCUT2D eigenvalue weighted by molar-refractivity contribution is 7.16. The van der Waals surface area contributed by atoms with Crippen molar-refractivity contribution < 1.29 is 0 Å². The van der Waals surface area contributed by atoms with Gasteiger partial charge < -0.3 is 0 Å². The maximum atomic E-state index is 5.56. The van der Waals surface area contributed by atoms with Crippen molar-refractivity contribution in [3.05, 3.63) is 16.9 Å². The van der Waals surface area contributed by atoms with Gasteiger partial charge in [-0.1, -0.05) is 0 Å². The summed E-state index contributed by atoms with van der Waals surface area (Å²) in [5.41, 5.74) is 0. The summed E-state index contributed by atoms with van der Waals surface area (Å²) >= 11 is 7.18. The molecule has 11 heavy (non-hydrogen) atoms. The van der Waals surface area contributed by atoms with Gasteiger partial charge in [0.05, 0.1) is 5.88 Å². The molecule has 0 aliphatic heterocycles. The van der Waals surface area contributed by atoms with E-state index >= 15 is 0 Å². The van der Waals surface area contributed by atoms with Gasteiger partial charge in [-0.2, -0.15) is 0 Å². The zero-order valence-corrected chi connectivity index (χ0v) is 7.48. The zero-order chi connectivity index (χ0) is 7.84. The van der Waals surface area contributed by atoms with Crippen LogP contribution in [0.15, 0.2) is 6.20 Å². The summed E-state index contributed by atoms with van der Waals surface area (Å²) < 4.78 is 1.76. The second-order valence-electron chi connectivity index (χ2n) is 2.23. The number of hydrogen-bond acceptors (Lipinski definition) is 3. The Morgan fingerprint density at radius 3 is 3.18 bits per heavy atom. The molecule has 0 saturated carbocycles. The molecule has 2 aromatic rings. The highest BCUT2D eigenvalue weighted by atomic mass is 35.5. The van der Waals surface area contributed by atoms with E-state index in [4.69, 9.17) is 11.6 Å². The number of hydrogen-bond donors (Lipinski definition) is 0. The van der Waals surface area contributed by atoms with Crippen LogP contribution in [0.1, 0.15) is 10.7 Å². The first-order valence-electron chi connectivity index (χ1n) is 3.17. The van der Waals surface area contributed by atoms with Gasteiger partial charge in [-0.15, -0.1) is 28.0 Å². The van der Waals surface area contributed by atoms with E-state index in [1.165, 1.54) is 4.88 Å². The summed E-state index contributed by atoms with van der Waals surface area (Å²) in [6, 6.07) is 0. The number of nitrogens with zero attached hydrogens (tertiary/aromatic N) is 3. The van der Waals surface area contributed by atoms with Crippen LogP contribution < -0.4 is 0 Å². The standard InChI is InChI=1S/C6H6ClN3S/c1-4-3-10-6(11-4)8-5(2-7)9-10/h3H,2H2,1H3. The topological polar surface area (TPSA) is 30.2 Å². The third-order valence-electron chi connectivity index (χ3n) is 1.32. The van der Waals surface area contributed by atoms with Gasteiger partial charge in [-0.3, -0.25) is 0 Å². The van der Waals surface area contributed by atoms with Crippen molar-refractivity contribution in [1.29, 1.82) is 0 Å². The first-order chi connectivity index (χ1) is 5.29. The van der Waals surface area contributed by atoms with Gasteiger partial charge in [0, 0.05) is 11.1 Å². The number of halogens is 1. The quantitative estimate of drug-likeness (QED) is 0.638. The summed E-state index contributed by atoms with van der Waals surface area (Å²) in [4.78, 5) is 6.31. The summed E-state index contributed by atoms with van der Waals surface area (Å²) in [6.45, 7) is 2.03. The van der Waals surface area contributed by atoms with E-state index in [-0.39, 0.29) is 0 Å². The van der Waals surface area contributed by atoms with Gasteiger partial charge >= 0.3 is 0 Å². The second-order valence-corrected chi connectivity index (χ2v) is 3.71. The molecular weight excluding hydrogens is 182 g/mol. The molecule has 5 heteroatoms. The van der Waals surface area contributed by atoms with Crippen molar-refractivity contribution in [1.82, 2.24) is 14.6 Å². The van der Waals surface area contributed by atoms with Gasteiger partial charge in [0.2, 0.25) is 4.96 Å². The fourth-order valence-corrected chi connectivity index (χ4v) is 1.80. The highest BCUT2D eigenvalue weighted by Crippen LogP contribution is 2.14. The van der Waals surface area contributed by atoms with Crippen LogP contribution in [0.2, 0.25) is 0 Å². The van der Waals surface area contributed by atoms with E-state index in [1.807, 2.05) is 13.1 Å². The van der Waals surface area contributed by atoms with Crippen molar-refractivity contribution in [2.24, 2.45) is 0 Å². The maximum Gasteiger partial charge on any atom is 0.212 e. The van der Waals surface area contributed by atoms with Crippen LogP contribution in [0.25, 0.3) is 4.96 Å². The summed E-state index contributed by atoms with van der Waals surface area (Å²) in [5, 5.41) is 4.14. The normalized spacial score (nSPS) is 11.1.